The van der Waals surface area contributed by atoms with Crippen LogP contribution in [0.3, 0.4) is 0 Å². The summed E-state index contributed by atoms with van der Waals surface area (Å²) in [5, 5.41) is 14.7. The van der Waals surface area contributed by atoms with Crippen molar-refractivity contribution in [3.05, 3.63) is 63.7 Å². The molecule has 1 heterocycles. The molecule has 7 nitrogen and oxygen atoms in total. The van der Waals surface area contributed by atoms with Crippen molar-refractivity contribution in [1.29, 1.82) is 0 Å². The highest BCUT2D eigenvalue weighted by Crippen LogP contribution is 2.38. The predicted molar refractivity (Wildman–Crippen MR) is 108 cm³/mol. The summed E-state index contributed by atoms with van der Waals surface area (Å²) in [5.74, 6) is 0. The molecule has 0 saturated carbocycles. The molecule has 2 aromatic carbocycles. The number of hydrogen-bond acceptors (Lipinski definition) is 6. The largest absolute Gasteiger partial charge is 0.381 e. The third kappa shape index (κ3) is 4.18. The van der Waals surface area contributed by atoms with Gasteiger partial charge in [-0.3, -0.25) is 10.1 Å². The number of anilines is 1. The molecular weight excluding hydrogens is 380 g/mol. The minimum absolute atomic E-state index is 0.0653. The highest BCUT2D eigenvalue weighted by atomic mass is 32.2. The van der Waals surface area contributed by atoms with E-state index >= 15 is 0 Å². The summed E-state index contributed by atoms with van der Waals surface area (Å²) in [6.07, 6.45) is 2.65. The molecule has 0 radical (unpaired) electrons. The molecule has 2 aromatic rings. The smallest absolute Gasteiger partial charge is 0.293 e. The monoisotopic (exact) mass is 404 g/mol. The summed E-state index contributed by atoms with van der Waals surface area (Å²) >= 11 is 0. The van der Waals surface area contributed by atoms with E-state index in [2.05, 4.69) is 24.4 Å². The van der Waals surface area contributed by atoms with E-state index in [1.165, 1.54) is 23.3 Å². The van der Waals surface area contributed by atoms with E-state index in [-0.39, 0.29) is 16.0 Å². The van der Waals surface area contributed by atoms with Crippen molar-refractivity contribution >= 4 is 21.2 Å². The van der Waals surface area contributed by atoms with Gasteiger partial charge >= 0.3 is 0 Å². The maximum Gasteiger partial charge on any atom is 0.293 e. The first-order chi connectivity index (χ1) is 13.2. The first-order valence-electron chi connectivity index (χ1n) is 9.09. The molecule has 8 heteroatoms. The van der Waals surface area contributed by atoms with Crippen molar-refractivity contribution in [3.8, 4) is 0 Å². The molecule has 0 aliphatic carbocycles. The fourth-order valence-corrected chi connectivity index (χ4v) is 4.42. The van der Waals surface area contributed by atoms with Crippen LogP contribution in [0.1, 0.15) is 24.0 Å². The molecule has 28 heavy (non-hydrogen) atoms. The first-order valence-corrected chi connectivity index (χ1v) is 11.0. The molecule has 0 amide bonds. The summed E-state index contributed by atoms with van der Waals surface area (Å²) in [4.78, 5) is 10.9. The van der Waals surface area contributed by atoms with Gasteiger partial charge in [-0.25, -0.2) is 8.42 Å². The summed E-state index contributed by atoms with van der Waals surface area (Å²) in [5.41, 5.74) is 2.26. The Hall–Kier alpha value is -2.45. The lowest BCUT2D eigenvalue weighted by molar-refractivity contribution is -0.384. The number of ether oxygens (including phenoxy) is 1. The van der Waals surface area contributed by atoms with Crippen LogP contribution in [-0.2, 0) is 20.0 Å². The minimum Gasteiger partial charge on any atom is -0.381 e. The molecule has 0 unspecified atom stereocenters. The third-order valence-corrected chi connectivity index (χ3v) is 6.49. The van der Waals surface area contributed by atoms with Gasteiger partial charge in [-0.05, 0) is 43.0 Å². The van der Waals surface area contributed by atoms with Crippen LogP contribution in [0, 0.1) is 17.0 Å². The highest BCUT2D eigenvalue weighted by molar-refractivity contribution is 7.90. The van der Waals surface area contributed by atoms with Crippen molar-refractivity contribution in [2.45, 2.75) is 30.1 Å². The molecule has 0 aromatic heterocycles. The molecule has 0 bridgehead atoms. The Balaban J connectivity index is 1.94. The van der Waals surface area contributed by atoms with E-state index in [0.717, 1.165) is 25.2 Å². The molecule has 150 valence electrons. The predicted octanol–water partition coefficient (Wildman–Crippen LogP) is 3.47. The Labute approximate surface area is 164 Å². The van der Waals surface area contributed by atoms with Crippen LogP contribution in [0.2, 0.25) is 0 Å². The van der Waals surface area contributed by atoms with Crippen molar-refractivity contribution < 1.29 is 18.1 Å². The molecule has 0 spiro atoms. The molecule has 1 saturated heterocycles. The van der Waals surface area contributed by atoms with Crippen LogP contribution in [0.5, 0.6) is 0 Å². The Bertz CT molecular complexity index is 982. The van der Waals surface area contributed by atoms with Crippen molar-refractivity contribution in [1.82, 2.24) is 0 Å². The molecular formula is C20H24N2O5S. The quantitative estimate of drug-likeness (QED) is 0.585. The van der Waals surface area contributed by atoms with Gasteiger partial charge in [0, 0.05) is 37.5 Å². The van der Waals surface area contributed by atoms with Gasteiger partial charge in [0.1, 0.15) is 5.69 Å². The van der Waals surface area contributed by atoms with E-state index in [1.807, 2.05) is 12.1 Å². The lowest BCUT2D eigenvalue weighted by atomic mass is 9.72. The van der Waals surface area contributed by atoms with Crippen molar-refractivity contribution in [2.75, 3.05) is 31.3 Å². The zero-order valence-corrected chi connectivity index (χ0v) is 16.8. The topological polar surface area (TPSA) is 98.5 Å². The number of hydrogen-bond donors (Lipinski definition) is 1. The number of benzene rings is 2. The van der Waals surface area contributed by atoms with Gasteiger partial charge in [0.05, 0.1) is 9.82 Å². The number of nitrogens with one attached hydrogen (secondary N) is 1. The van der Waals surface area contributed by atoms with Gasteiger partial charge in [-0.1, -0.05) is 24.3 Å². The molecule has 1 fully saturated rings. The third-order valence-electron chi connectivity index (χ3n) is 5.38. The van der Waals surface area contributed by atoms with Crippen LogP contribution in [0.15, 0.2) is 47.4 Å². The highest BCUT2D eigenvalue weighted by Gasteiger charge is 2.36. The Morgan fingerprint density at radius 1 is 1.18 bits per heavy atom. The van der Waals surface area contributed by atoms with Crippen LogP contribution >= 0.6 is 0 Å². The number of sulfone groups is 1. The second kappa shape index (κ2) is 7.89. The number of rotatable bonds is 6. The zero-order chi connectivity index (χ0) is 20.4. The average Bonchev–Trinajstić information content (AvgIpc) is 2.66. The summed E-state index contributed by atoms with van der Waals surface area (Å²) in [6.45, 7) is 3.83. The Morgan fingerprint density at radius 2 is 1.86 bits per heavy atom. The van der Waals surface area contributed by atoms with E-state index in [0.29, 0.717) is 25.4 Å². The number of aryl methyl sites for hydroxylation is 1. The molecule has 1 aliphatic rings. The first kappa shape index (κ1) is 20.3. The average molecular weight is 404 g/mol. The Morgan fingerprint density at radius 3 is 2.46 bits per heavy atom. The normalized spacial score (nSPS) is 16.5. The van der Waals surface area contributed by atoms with Crippen molar-refractivity contribution in [2.24, 2.45) is 0 Å². The minimum atomic E-state index is -3.52. The number of nitrogens with zero attached hydrogens (tertiary/aromatic N) is 1. The number of nitro groups is 1. The van der Waals surface area contributed by atoms with Gasteiger partial charge in [-0.2, -0.15) is 0 Å². The molecule has 0 atom stereocenters. The maximum atomic E-state index is 11.7. The summed E-state index contributed by atoms with van der Waals surface area (Å²) in [7, 11) is -3.52. The molecule has 1 aliphatic heterocycles. The maximum absolute atomic E-state index is 11.7. The van der Waals surface area contributed by atoms with Gasteiger partial charge < -0.3 is 10.1 Å². The van der Waals surface area contributed by atoms with Crippen LogP contribution in [-0.4, -0.2) is 39.4 Å². The van der Waals surface area contributed by atoms with Crippen LogP contribution in [0.4, 0.5) is 11.4 Å². The lowest BCUT2D eigenvalue weighted by Gasteiger charge is -2.39. The van der Waals surface area contributed by atoms with Crippen molar-refractivity contribution in [3.63, 3.8) is 0 Å². The fraction of sp³-hybridized carbons (Fsp3) is 0.400. The van der Waals surface area contributed by atoms with Gasteiger partial charge in [-0.15, -0.1) is 0 Å². The van der Waals surface area contributed by atoms with Gasteiger partial charge in [0.2, 0.25) is 0 Å². The summed E-state index contributed by atoms with van der Waals surface area (Å²) < 4.78 is 29.0. The van der Waals surface area contributed by atoms with E-state index in [1.54, 1.807) is 0 Å². The Kier molecular flexibility index (Phi) is 5.71. The zero-order valence-electron chi connectivity index (χ0n) is 16.0. The molecule has 3 rings (SSSR count). The standard InChI is InChI=1S/C20H24N2O5S/c1-15-5-3-4-6-17(15)20(9-11-27-12-10-20)14-21-18-8-7-16(28(2,25)26)13-19(18)22(23)24/h3-8,13,21H,9-12,14H2,1-2H3. The van der Waals surface area contributed by atoms with E-state index < -0.39 is 14.8 Å². The van der Waals surface area contributed by atoms with Gasteiger partial charge in [0.25, 0.3) is 5.69 Å². The van der Waals surface area contributed by atoms with Gasteiger partial charge in [0.15, 0.2) is 9.84 Å². The summed E-state index contributed by atoms with van der Waals surface area (Å²) in [6, 6.07) is 12.1. The second-order valence-corrected chi connectivity index (χ2v) is 9.29. The number of nitro benzene ring substituents is 1. The second-order valence-electron chi connectivity index (χ2n) is 7.27. The SMILES string of the molecule is Cc1ccccc1C1(CNc2ccc(S(C)(=O)=O)cc2[N+](=O)[O-])CCOCC1. The molecule has 1 N–H and O–H groups in total. The van der Waals surface area contributed by atoms with Crippen LogP contribution < -0.4 is 5.32 Å². The fourth-order valence-electron chi connectivity index (χ4n) is 3.78. The van der Waals surface area contributed by atoms with E-state index in [4.69, 9.17) is 4.74 Å². The lowest BCUT2D eigenvalue weighted by Crippen LogP contribution is -2.40. The van der Waals surface area contributed by atoms with E-state index in [9.17, 15) is 18.5 Å². The van der Waals surface area contributed by atoms with Crippen LogP contribution in [0.25, 0.3) is 0 Å².